The van der Waals surface area contributed by atoms with Gasteiger partial charge in [0.2, 0.25) is 23.4 Å². The number of carbonyl (C=O) groups is 5. The van der Waals surface area contributed by atoms with Crippen LogP contribution in [0.4, 0.5) is 16.4 Å². The van der Waals surface area contributed by atoms with Crippen LogP contribution in [0.5, 0.6) is 5.75 Å². The molecule has 3 atom stereocenters. The van der Waals surface area contributed by atoms with Crippen molar-refractivity contribution in [3.8, 4) is 5.75 Å². The average Bonchev–Trinajstić information content (AvgIpc) is 3.45. The molecule has 19 nitrogen and oxygen atoms in total. The van der Waals surface area contributed by atoms with E-state index in [-0.39, 0.29) is 40.2 Å². The number of nitrogens with one attached hydrogen (secondary N) is 4. The van der Waals surface area contributed by atoms with E-state index in [9.17, 15) is 39.0 Å². The number of thioether (sulfide) groups is 2. The Morgan fingerprint density at radius 2 is 1.93 bits per heavy atom. The number of urea groups is 1. The summed E-state index contributed by atoms with van der Waals surface area (Å²) in [6.45, 7) is 0. The van der Waals surface area contributed by atoms with Gasteiger partial charge in [0.05, 0.1) is 6.20 Å². The summed E-state index contributed by atoms with van der Waals surface area (Å²) in [6, 6.07) is 1.85. The topological polar surface area (TPSA) is 256 Å². The van der Waals surface area contributed by atoms with Crippen LogP contribution >= 0.6 is 23.5 Å². The lowest BCUT2D eigenvalue weighted by Crippen LogP contribution is -2.71. The Morgan fingerprint density at radius 1 is 1.20 bits per heavy atom. The minimum Gasteiger partial charge on any atom is -0.508 e. The fourth-order valence-electron chi connectivity index (χ4n) is 4.60. The number of amides is 5. The van der Waals surface area contributed by atoms with E-state index in [0.29, 0.717) is 17.1 Å². The number of β-lactam (4-membered cyclic amide) rings is 1. The van der Waals surface area contributed by atoms with Gasteiger partial charge in [-0.1, -0.05) is 23.9 Å². The third kappa shape index (κ3) is 6.35. The molecule has 4 heterocycles. The summed E-state index contributed by atoms with van der Waals surface area (Å²) in [4.78, 5) is 80.3. The van der Waals surface area contributed by atoms with E-state index in [1.54, 1.807) is 7.05 Å². The first-order valence-electron chi connectivity index (χ1n) is 13.2. The summed E-state index contributed by atoms with van der Waals surface area (Å²) < 4.78 is 2.42. The highest BCUT2D eigenvalue weighted by molar-refractivity contribution is 8.01. The van der Waals surface area contributed by atoms with Gasteiger partial charge < -0.3 is 26.2 Å². The highest BCUT2D eigenvalue weighted by Gasteiger charge is 2.54. The van der Waals surface area contributed by atoms with Gasteiger partial charge >= 0.3 is 12.0 Å². The van der Waals surface area contributed by atoms with Crippen molar-refractivity contribution in [2.24, 2.45) is 14.1 Å². The minimum absolute atomic E-state index is 0.0680. The maximum absolute atomic E-state index is 13.6. The lowest BCUT2D eigenvalue weighted by molar-refractivity contribution is -0.150. The fraction of sp³-hybridized carbons (Fsp3) is 0.280. The number of phenolic OH excluding ortho intramolecular Hbond substituents is 1. The second-order valence-electron chi connectivity index (χ2n) is 9.77. The zero-order valence-electron chi connectivity index (χ0n) is 23.9. The summed E-state index contributed by atoms with van der Waals surface area (Å²) in [6.07, 6.45) is 1.35. The number of benzene rings is 1. The van der Waals surface area contributed by atoms with Crippen molar-refractivity contribution in [3.63, 3.8) is 0 Å². The Balaban J connectivity index is 1.31. The first-order chi connectivity index (χ1) is 22.0. The normalized spacial score (nSPS) is 17.8. The average molecular weight is 672 g/mol. The molecule has 5 amide bonds. The number of hydrogen-bond donors (Lipinski definition) is 6. The standard InChI is InChI=1S/C25H25N11O8S2/c1-34-19(40)14(7-26-23(34)27-10-37)28-24(44)30-15(11-3-5-13(38)6-4-11)18(39)29-16-20(41)36-17(22(42)43)12(8-45-21(16)36)9-46-25-31-32-33-35(25)2/h3-7,10,15-16,21,38H,8-9H2,1-2H3,(H,29,39)(H,42,43)(H,26,27,37)(H2,28,30,44)/t15?,16?,21-/m0/s1. The number of hydrogen-bond acceptors (Lipinski definition) is 13. The lowest BCUT2D eigenvalue weighted by atomic mass is 10.0. The van der Waals surface area contributed by atoms with Crippen molar-refractivity contribution in [1.82, 2.24) is 45.3 Å². The van der Waals surface area contributed by atoms with Crippen molar-refractivity contribution in [2.45, 2.75) is 22.6 Å². The second kappa shape index (κ2) is 13.3. The SMILES string of the molecule is Cn1nnnc1SCC1=C(C(=O)O)N2C(=O)C(NC(=O)C(NC(=O)Nc3cnc(NC=O)n(C)c3=O)c3ccc(O)cc3)[C@@H]2SC1. The number of phenols is 1. The van der Waals surface area contributed by atoms with E-state index in [1.165, 1.54) is 59.5 Å². The number of aliphatic carboxylic acids is 1. The molecule has 1 saturated heterocycles. The van der Waals surface area contributed by atoms with Crippen LogP contribution < -0.4 is 26.8 Å². The van der Waals surface area contributed by atoms with Crippen molar-refractivity contribution in [2.75, 3.05) is 22.1 Å². The molecule has 0 bridgehead atoms. The number of aromatic hydroxyl groups is 1. The van der Waals surface area contributed by atoms with Gasteiger partial charge in [0, 0.05) is 25.6 Å². The third-order valence-corrected chi connectivity index (χ3v) is 9.31. The van der Waals surface area contributed by atoms with Crippen LogP contribution in [0.2, 0.25) is 0 Å². The second-order valence-corrected chi connectivity index (χ2v) is 11.8. The molecule has 2 unspecified atom stereocenters. The first-order valence-corrected chi connectivity index (χ1v) is 15.2. The molecule has 2 aliphatic rings. The number of anilines is 2. The summed E-state index contributed by atoms with van der Waals surface area (Å²) in [5.74, 6) is -2.47. The molecule has 6 N–H and O–H groups in total. The van der Waals surface area contributed by atoms with Crippen LogP contribution in [0.3, 0.4) is 0 Å². The predicted octanol–water partition coefficient (Wildman–Crippen LogP) is -1.03. The molecule has 1 aromatic carbocycles. The number of aryl methyl sites for hydroxylation is 1. The van der Waals surface area contributed by atoms with Crippen LogP contribution in [0.1, 0.15) is 11.6 Å². The summed E-state index contributed by atoms with van der Waals surface area (Å²) >= 11 is 2.48. The van der Waals surface area contributed by atoms with Crippen molar-refractivity contribution in [3.05, 3.63) is 57.6 Å². The van der Waals surface area contributed by atoms with Gasteiger partial charge in [0.25, 0.3) is 11.5 Å². The van der Waals surface area contributed by atoms with Gasteiger partial charge in [-0.05, 0) is 33.7 Å². The summed E-state index contributed by atoms with van der Waals surface area (Å²) in [5, 5.41) is 40.2. The molecular formula is C25H25N11O8S2. The van der Waals surface area contributed by atoms with E-state index in [4.69, 9.17) is 0 Å². The largest absolute Gasteiger partial charge is 0.508 e. The highest BCUT2D eigenvalue weighted by atomic mass is 32.2. The molecule has 1 fully saturated rings. The van der Waals surface area contributed by atoms with E-state index in [1.807, 2.05) is 0 Å². The monoisotopic (exact) mass is 671 g/mol. The third-order valence-electron chi connectivity index (χ3n) is 6.87. The number of carbonyl (C=O) groups excluding carboxylic acids is 4. The number of nitrogens with zero attached hydrogens (tertiary/aromatic N) is 7. The van der Waals surface area contributed by atoms with Gasteiger partial charge in [0.15, 0.2) is 0 Å². The van der Waals surface area contributed by atoms with Crippen LogP contribution in [0, 0.1) is 0 Å². The Hall–Kier alpha value is -5.44. The van der Waals surface area contributed by atoms with Gasteiger partial charge in [-0.15, -0.1) is 16.9 Å². The first kappa shape index (κ1) is 32.0. The molecule has 240 valence electrons. The molecule has 3 aromatic rings. The molecular weight excluding hydrogens is 646 g/mol. The molecule has 0 aliphatic carbocycles. The van der Waals surface area contributed by atoms with Crippen LogP contribution in [-0.4, -0.2) is 98.0 Å². The van der Waals surface area contributed by atoms with Crippen LogP contribution in [0.25, 0.3) is 0 Å². The zero-order valence-corrected chi connectivity index (χ0v) is 25.5. The molecule has 2 aliphatic heterocycles. The number of aromatic nitrogens is 6. The Morgan fingerprint density at radius 3 is 2.59 bits per heavy atom. The Labute approximate surface area is 266 Å². The fourth-order valence-corrected chi connectivity index (χ4v) is 6.93. The quantitative estimate of drug-likeness (QED) is 0.0810. The van der Waals surface area contributed by atoms with Crippen molar-refractivity contribution >= 4 is 65.4 Å². The summed E-state index contributed by atoms with van der Waals surface area (Å²) in [7, 11) is 2.96. The van der Waals surface area contributed by atoms with Crippen LogP contribution in [0.15, 0.2) is 51.7 Å². The van der Waals surface area contributed by atoms with Gasteiger partial charge in [-0.25, -0.2) is 19.3 Å². The van der Waals surface area contributed by atoms with Gasteiger partial charge in [0.1, 0.15) is 34.6 Å². The molecule has 2 aromatic heterocycles. The minimum atomic E-state index is -1.41. The number of rotatable bonds is 11. The highest BCUT2D eigenvalue weighted by Crippen LogP contribution is 2.41. The van der Waals surface area contributed by atoms with E-state index in [2.05, 4.69) is 41.8 Å². The molecule has 0 spiro atoms. The molecule has 0 saturated carbocycles. The molecule has 0 radical (unpaired) electrons. The maximum atomic E-state index is 13.6. The predicted molar refractivity (Wildman–Crippen MR) is 161 cm³/mol. The number of carboxylic acid groups (broad SMARTS) is 1. The molecule has 21 heteroatoms. The number of tetrazole rings is 1. The van der Waals surface area contributed by atoms with E-state index in [0.717, 1.165) is 15.7 Å². The van der Waals surface area contributed by atoms with E-state index >= 15 is 0 Å². The number of carboxylic acids is 1. The van der Waals surface area contributed by atoms with Crippen molar-refractivity contribution < 1.29 is 34.2 Å². The van der Waals surface area contributed by atoms with Gasteiger partial charge in [-0.2, -0.15) is 0 Å². The lowest BCUT2D eigenvalue weighted by Gasteiger charge is -2.49. The Kier molecular flexibility index (Phi) is 9.23. The Bertz CT molecular complexity index is 1810. The van der Waals surface area contributed by atoms with Gasteiger partial charge in [-0.3, -0.25) is 34.0 Å². The smallest absolute Gasteiger partial charge is 0.352 e. The van der Waals surface area contributed by atoms with Crippen molar-refractivity contribution in [1.29, 1.82) is 0 Å². The zero-order chi connectivity index (χ0) is 33.1. The molecule has 46 heavy (non-hydrogen) atoms. The number of fused-ring (bicyclic) bond motifs is 1. The molecule has 5 rings (SSSR count). The van der Waals surface area contributed by atoms with Crippen LogP contribution in [-0.2, 0) is 33.3 Å². The van der Waals surface area contributed by atoms with E-state index < -0.39 is 46.8 Å². The maximum Gasteiger partial charge on any atom is 0.352 e. The summed E-state index contributed by atoms with van der Waals surface area (Å²) in [5.41, 5.74) is -0.439.